The number of amides is 4. The highest BCUT2D eigenvalue weighted by molar-refractivity contribution is 6.53. The Bertz CT molecular complexity index is 1920. The van der Waals surface area contributed by atoms with Gasteiger partial charge in [-0.25, -0.2) is 0 Å². The SMILES string of the molecule is COc1cc(C2C3=CCC4C(=O)N(c5ccc(C(=O)c6ccccc6)cc5)C(=O)C4C3CC3(Cl)C(=O)N(C)C(=O)C23Cl)cc(OC)c1O. The van der Waals surface area contributed by atoms with Crippen molar-refractivity contribution in [3.8, 4) is 17.2 Å². The molecule has 4 amide bonds. The predicted octanol–water partition coefficient (Wildman–Crippen LogP) is 4.83. The van der Waals surface area contributed by atoms with Gasteiger partial charge in [-0.15, -0.1) is 23.2 Å². The fourth-order valence-corrected chi connectivity index (χ4v) is 8.99. The third-order valence-electron chi connectivity index (χ3n) is 10.3. The van der Waals surface area contributed by atoms with Crippen LogP contribution in [0.15, 0.2) is 78.4 Å². The molecule has 1 saturated carbocycles. The van der Waals surface area contributed by atoms with Crippen LogP contribution in [0.2, 0.25) is 0 Å². The standard InChI is InChI=1S/C36H30Cl2N2O8/c1-39-33(45)35(37)17-24-22(28(36(35,38)34(39)46)20-15-25(47-2)30(42)26(16-20)48-3)13-14-23-27(24)32(44)40(31(23)43)21-11-9-19(10-12-21)29(41)18-7-5-4-6-8-18/h4-13,15-16,23-24,27-28,42H,14,17H2,1-3H3. The molecule has 2 aliphatic carbocycles. The summed E-state index contributed by atoms with van der Waals surface area (Å²) < 4.78 is 10.8. The van der Waals surface area contributed by atoms with Crippen molar-refractivity contribution in [1.29, 1.82) is 0 Å². The van der Waals surface area contributed by atoms with E-state index in [4.69, 9.17) is 32.7 Å². The molecule has 0 bridgehead atoms. The molecule has 1 N–H and O–H groups in total. The zero-order valence-corrected chi connectivity index (χ0v) is 27.6. The molecular formula is C36H30Cl2N2O8. The van der Waals surface area contributed by atoms with Gasteiger partial charge in [0, 0.05) is 24.1 Å². The van der Waals surface area contributed by atoms with E-state index >= 15 is 0 Å². The summed E-state index contributed by atoms with van der Waals surface area (Å²) in [5, 5.41) is 10.7. The highest BCUT2D eigenvalue weighted by atomic mass is 35.5. The van der Waals surface area contributed by atoms with E-state index in [0.717, 1.165) is 9.80 Å². The lowest BCUT2D eigenvalue weighted by atomic mass is 9.56. The van der Waals surface area contributed by atoms with E-state index in [-0.39, 0.29) is 35.9 Å². The molecule has 0 aromatic heterocycles. The number of fused-ring (bicyclic) bond motifs is 4. The Labute approximate surface area is 285 Å². The number of alkyl halides is 2. The molecule has 0 spiro atoms. The van der Waals surface area contributed by atoms with Gasteiger partial charge in [0.05, 0.1) is 31.7 Å². The number of ketones is 1. The van der Waals surface area contributed by atoms with E-state index in [0.29, 0.717) is 28.0 Å². The van der Waals surface area contributed by atoms with Crippen molar-refractivity contribution in [2.24, 2.45) is 17.8 Å². The topological polar surface area (TPSA) is 131 Å². The van der Waals surface area contributed by atoms with Crippen LogP contribution < -0.4 is 14.4 Å². The lowest BCUT2D eigenvalue weighted by Crippen LogP contribution is -2.60. The average molecular weight is 690 g/mol. The molecule has 2 aliphatic heterocycles. The molecule has 246 valence electrons. The third kappa shape index (κ3) is 4.21. The summed E-state index contributed by atoms with van der Waals surface area (Å²) in [5.74, 6) is -6.15. The summed E-state index contributed by atoms with van der Waals surface area (Å²) in [6.45, 7) is 0. The highest BCUT2D eigenvalue weighted by Crippen LogP contribution is 2.66. The Morgan fingerprint density at radius 1 is 0.854 bits per heavy atom. The molecule has 12 heteroatoms. The first-order chi connectivity index (χ1) is 22.9. The lowest BCUT2D eigenvalue weighted by molar-refractivity contribution is -0.138. The maximum absolute atomic E-state index is 14.3. The number of aromatic hydroxyl groups is 1. The van der Waals surface area contributed by atoms with E-state index in [9.17, 15) is 29.1 Å². The second kappa shape index (κ2) is 11.2. The zero-order valence-electron chi connectivity index (χ0n) is 26.1. The first kappa shape index (κ1) is 31.9. The average Bonchev–Trinajstić information content (AvgIpc) is 3.43. The summed E-state index contributed by atoms with van der Waals surface area (Å²) in [6, 6.07) is 18.1. The van der Waals surface area contributed by atoms with Crippen LogP contribution in [0.1, 0.15) is 40.2 Å². The Morgan fingerprint density at radius 2 is 1.46 bits per heavy atom. The summed E-state index contributed by atoms with van der Waals surface area (Å²) in [5.41, 5.74) is 2.18. The Balaban J connectivity index is 1.30. The lowest BCUT2D eigenvalue weighted by Gasteiger charge is -2.50. The number of imide groups is 2. The second-order valence-electron chi connectivity index (χ2n) is 12.5. The predicted molar refractivity (Wildman–Crippen MR) is 175 cm³/mol. The number of rotatable bonds is 6. The van der Waals surface area contributed by atoms with Gasteiger partial charge in [-0.05, 0) is 60.7 Å². The van der Waals surface area contributed by atoms with Gasteiger partial charge in [-0.2, -0.15) is 0 Å². The fourth-order valence-electron chi connectivity index (χ4n) is 7.97. The van der Waals surface area contributed by atoms with Crippen LogP contribution in [-0.2, 0) is 19.2 Å². The Kier molecular flexibility index (Phi) is 7.45. The van der Waals surface area contributed by atoms with Crippen LogP contribution in [-0.4, -0.2) is 70.4 Å². The summed E-state index contributed by atoms with van der Waals surface area (Å²) in [4.78, 5) is 66.9. The zero-order chi connectivity index (χ0) is 34.3. The van der Waals surface area contributed by atoms with E-state index in [1.54, 1.807) is 48.5 Å². The molecule has 2 heterocycles. The number of halogens is 2. The number of hydrogen-bond donors (Lipinski definition) is 1. The Hall–Kier alpha value is -4.67. The molecule has 6 atom stereocenters. The van der Waals surface area contributed by atoms with Crippen LogP contribution in [0.3, 0.4) is 0 Å². The molecule has 0 radical (unpaired) electrons. The van der Waals surface area contributed by atoms with Crippen LogP contribution in [0.5, 0.6) is 17.2 Å². The maximum Gasteiger partial charge on any atom is 0.253 e. The van der Waals surface area contributed by atoms with E-state index in [1.165, 1.54) is 33.4 Å². The van der Waals surface area contributed by atoms with Gasteiger partial charge < -0.3 is 14.6 Å². The number of carbonyl (C=O) groups excluding carboxylic acids is 5. The summed E-state index contributed by atoms with van der Waals surface area (Å²) in [6.07, 6.45) is 1.82. The fraction of sp³-hybridized carbons (Fsp3) is 0.306. The molecule has 3 aromatic rings. The van der Waals surface area contributed by atoms with Crippen LogP contribution in [0.25, 0.3) is 0 Å². The van der Waals surface area contributed by atoms with Gasteiger partial charge >= 0.3 is 0 Å². The highest BCUT2D eigenvalue weighted by Gasteiger charge is 2.76. The van der Waals surface area contributed by atoms with Crippen molar-refractivity contribution in [2.75, 3.05) is 26.2 Å². The van der Waals surface area contributed by atoms with Crippen molar-refractivity contribution >= 4 is 58.3 Å². The van der Waals surface area contributed by atoms with Crippen molar-refractivity contribution < 1.29 is 38.6 Å². The number of phenols is 1. The van der Waals surface area contributed by atoms with Crippen LogP contribution in [0.4, 0.5) is 5.69 Å². The monoisotopic (exact) mass is 688 g/mol. The number of methoxy groups -OCH3 is 2. The largest absolute Gasteiger partial charge is 0.502 e. The molecule has 2 saturated heterocycles. The number of nitrogens with zero attached hydrogens (tertiary/aromatic N) is 2. The first-order valence-electron chi connectivity index (χ1n) is 15.3. The van der Waals surface area contributed by atoms with Crippen molar-refractivity contribution in [3.63, 3.8) is 0 Å². The van der Waals surface area contributed by atoms with E-state index in [1.807, 2.05) is 12.1 Å². The minimum atomic E-state index is -2.00. The molecule has 48 heavy (non-hydrogen) atoms. The third-order valence-corrected chi connectivity index (χ3v) is 11.7. The van der Waals surface area contributed by atoms with Gasteiger partial charge in [0.25, 0.3) is 11.8 Å². The number of ether oxygens (including phenoxy) is 2. The van der Waals surface area contributed by atoms with E-state index in [2.05, 4.69) is 0 Å². The van der Waals surface area contributed by atoms with Crippen LogP contribution in [0, 0.1) is 17.8 Å². The summed E-state index contributed by atoms with van der Waals surface area (Å²) in [7, 11) is 4.02. The molecule has 6 unspecified atom stereocenters. The number of benzene rings is 3. The van der Waals surface area contributed by atoms with E-state index < -0.39 is 57.0 Å². The number of phenolic OH excluding ortho intramolecular Hbond substituents is 1. The van der Waals surface area contributed by atoms with Gasteiger partial charge in [0.2, 0.25) is 17.6 Å². The van der Waals surface area contributed by atoms with Crippen molar-refractivity contribution in [3.05, 3.63) is 95.1 Å². The number of hydrogen-bond acceptors (Lipinski definition) is 8. The molecule has 7 rings (SSSR count). The molecule has 3 fully saturated rings. The van der Waals surface area contributed by atoms with Gasteiger partial charge in [0.15, 0.2) is 27.0 Å². The number of likely N-dealkylation sites (tertiary alicyclic amines) is 1. The number of allylic oxidation sites excluding steroid dienone is 2. The minimum Gasteiger partial charge on any atom is -0.502 e. The maximum atomic E-state index is 14.3. The van der Waals surface area contributed by atoms with Gasteiger partial charge in [-0.3, -0.25) is 33.8 Å². The number of carbonyl (C=O) groups is 5. The molecular weight excluding hydrogens is 659 g/mol. The number of anilines is 1. The van der Waals surface area contributed by atoms with Crippen LogP contribution >= 0.6 is 23.2 Å². The normalized spacial score (nSPS) is 29.3. The van der Waals surface area contributed by atoms with Crippen molar-refractivity contribution in [2.45, 2.75) is 28.5 Å². The molecule has 3 aromatic carbocycles. The summed E-state index contributed by atoms with van der Waals surface area (Å²) >= 11 is 14.5. The first-order valence-corrected chi connectivity index (χ1v) is 16.1. The smallest absolute Gasteiger partial charge is 0.253 e. The molecule has 4 aliphatic rings. The second-order valence-corrected chi connectivity index (χ2v) is 13.8. The minimum absolute atomic E-state index is 0.0406. The van der Waals surface area contributed by atoms with Gasteiger partial charge in [-0.1, -0.05) is 42.0 Å². The van der Waals surface area contributed by atoms with Gasteiger partial charge in [0.1, 0.15) is 0 Å². The quantitative estimate of drug-likeness (QED) is 0.169. The van der Waals surface area contributed by atoms with Crippen molar-refractivity contribution in [1.82, 2.24) is 4.90 Å². The Morgan fingerprint density at radius 3 is 2.06 bits per heavy atom. The molecule has 10 nitrogen and oxygen atoms in total.